The van der Waals surface area contributed by atoms with E-state index in [0.29, 0.717) is 5.95 Å². The van der Waals surface area contributed by atoms with Crippen molar-refractivity contribution in [3.05, 3.63) is 54.1 Å². The lowest BCUT2D eigenvalue weighted by Crippen LogP contribution is -2.37. The Hall–Kier alpha value is -3.33. The van der Waals surface area contributed by atoms with Gasteiger partial charge in [0, 0.05) is 0 Å². The van der Waals surface area contributed by atoms with Crippen molar-refractivity contribution < 1.29 is 9.90 Å². The number of nitrogens with one attached hydrogen (secondary N) is 1. The molecule has 6 heteroatoms. The van der Waals surface area contributed by atoms with E-state index >= 15 is 0 Å². The Bertz CT molecular complexity index is 953. The number of benzene rings is 2. The van der Waals surface area contributed by atoms with E-state index in [1.807, 2.05) is 28.8 Å². The van der Waals surface area contributed by atoms with Crippen LogP contribution in [0, 0.1) is 17.2 Å². The maximum atomic E-state index is 12.3. The largest absolute Gasteiger partial charge is 0.508 e. The molecule has 1 aliphatic rings. The molecule has 0 spiro atoms. The maximum Gasteiger partial charge on any atom is 0.246 e. The van der Waals surface area contributed by atoms with Gasteiger partial charge in [0.15, 0.2) is 5.92 Å². The van der Waals surface area contributed by atoms with Crippen LogP contribution in [0.15, 0.2) is 48.5 Å². The Morgan fingerprint density at radius 3 is 2.65 bits per heavy atom. The van der Waals surface area contributed by atoms with Crippen molar-refractivity contribution in [1.82, 2.24) is 9.55 Å². The first-order valence-electron chi connectivity index (χ1n) is 7.15. The summed E-state index contributed by atoms with van der Waals surface area (Å²) < 4.78 is 1.87. The van der Waals surface area contributed by atoms with Crippen LogP contribution in [0.4, 0.5) is 5.95 Å². The molecule has 2 N–H and O–H groups in total. The van der Waals surface area contributed by atoms with Crippen LogP contribution in [0.5, 0.6) is 5.75 Å². The van der Waals surface area contributed by atoms with Gasteiger partial charge in [0.1, 0.15) is 5.75 Å². The molecule has 0 saturated heterocycles. The molecule has 1 aromatic heterocycles. The first-order valence-corrected chi connectivity index (χ1v) is 7.15. The van der Waals surface area contributed by atoms with Gasteiger partial charge in [0.25, 0.3) is 0 Å². The predicted octanol–water partition coefficient (Wildman–Crippen LogP) is 2.42. The zero-order chi connectivity index (χ0) is 16.0. The van der Waals surface area contributed by atoms with Crippen LogP contribution in [0.3, 0.4) is 0 Å². The van der Waals surface area contributed by atoms with Crippen LogP contribution in [0.25, 0.3) is 11.0 Å². The molecule has 112 valence electrons. The van der Waals surface area contributed by atoms with Crippen molar-refractivity contribution in [2.45, 2.75) is 6.04 Å². The molecule has 0 fully saturated rings. The van der Waals surface area contributed by atoms with Crippen molar-refractivity contribution in [1.29, 1.82) is 5.26 Å². The van der Waals surface area contributed by atoms with Gasteiger partial charge in [-0.05, 0) is 29.8 Å². The molecular weight excluding hydrogens is 292 g/mol. The smallest absolute Gasteiger partial charge is 0.246 e. The number of hydrogen-bond acceptors (Lipinski definition) is 4. The lowest BCUT2D eigenvalue weighted by atomic mass is 9.91. The van der Waals surface area contributed by atoms with Gasteiger partial charge in [-0.25, -0.2) is 4.98 Å². The summed E-state index contributed by atoms with van der Waals surface area (Å²) in [5, 5.41) is 21.7. The molecule has 0 saturated carbocycles. The summed E-state index contributed by atoms with van der Waals surface area (Å²) in [6.07, 6.45) is 0. The number of hydrogen-bond donors (Lipinski definition) is 2. The summed E-state index contributed by atoms with van der Waals surface area (Å²) >= 11 is 0. The third-order valence-electron chi connectivity index (χ3n) is 4.08. The molecule has 1 amide bonds. The highest BCUT2D eigenvalue weighted by atomic mass is 16.3. The number of amides is 1. The van der Waals surface area contributed by atoms with E-state index in [1.165, 1.54) is 0 Å². The molecule has 6 nitrogen and oxygen atoms in total. The fraction of sp³-hybridized carbons (Fsp3) is 0.118. The Balaban J connectivity index is 2.00. The van der Waals surface area contributed by atoms with Crippen molar-refractivity contribution in [2.75, 3.05) is 5.32 Å². The topological polar surface area (TPSA) is 90.9 Å². The van der Waals surface area contributed by atoms with E-state index in [-0.39, 0.29) is 11.7 Å². The van der Waals surface area contributed by atoms with Crippen molar-refractivity contribution in [3.63, 3.8) is 0 Å². The number of rotatable bonds is 1. The summed E-state index contributed by atoms with van der Waals surface area (Å²) in [6.45, 7) is 0. The van der Waals surface area contributed by atoms with E-state index < -0.39 is 12.0 Å². The van der Waals surface area contributed by atoms with Gasteiger partial charge in [-0.15, -0.1) is 0 Å². The summed E-state index contributed by atoms with van der Waals surface area (Å²) in [5.41, 5.74) is 2.37. The van der Waals surface area contributed by atoms with Gasteiger partial charge in [0.05, 0.1) is 23.1 Å². The second-order valence-corrected chi connectivity index (χ2v) is 5.43. The fourth-order valence-corrected chi connectivity index (χ4v) is 3.04. The number of para-hydroxylation sites is 2. The number of anilines is 1. The number of nitrogens with zero attached hydrogens (tertiary/aromatic N) is 3. The number of nitriles is 1. The second kappa shape index (κ2) is 4.85. The number of carbonyl (C=O) groups is 1. The number of carbonyl (C=O) groups excluding carboxylic acids is 1. The molecule has 2 aromatic carbocycles. The number of fused-ring (bicyclic) bond motifs is 3. The molecule has 23 heavy (non-hydrogen) atoms. The van der Waals surface area contributed by atoms with Gasteiger partial charge in [-0.3, -0.25) is 10.1 Å². The quantitative estimate of drug-likeness (QED) is 0.722. The highest BCUT2D eigenvalue weighted by Crippen LogP contribution is 2.37. The molecule has 4 rings (SSSR count). The van der Waals surface area contributed by atoms with Gasteiger partial charge in [-0.1, -0.05) is 24.3 Å². The summed E-state index contributed by atoms with van der Waals surface area (Å²) in [6, 6.07) is 15.7. The fourth-order valence-electron chi connectivity index (χ4n) is 3.04. The Morgan fingerprint density at radius 2 is 1.91 bits per heavy atom. The monoisotopic (exact) mass is 304 g/mol. The minimum Gasteiger partial charge on any atom is -0.508 e. The molecule has 0 bridgehead atoms. The predicted molar refractivity (Wildman–Crippen MR) is 83.7 cm³/mol. The average molecular weight is 304 g/mol. The van der Waals surface area contributed by atoms with E-state index in [1.54, 1.807) is 24.3 Å². The van der Waals surface area contributed by atoms with Gasteiger partial charge in [0.2, 0.25) is 11.9 Å². The molecular formula is C17H12N4O2. The van der Waals surface area contributed by atoms with E-state index in [2.05, 4.69) is 16.4 Å². The van der Waals surface area contributed by atoms with Crippen molar-refractivity contribution >= 4 is 22.9 Å². The Morgan fingerprint density at radius 1 is 1.17 bits per heavy atom. The summed E-state index contributed by atoms with van der Waals surface area (Å²) in [4.78, 5) is 16.7. The first-order chi connectivity index (χ1) is 11.2. The number of aromatic hydroxyl groups is 1. The molecule has 0 aliphatic carbocycles. The highest BCUT2D eigenvalue weighted by Gasteiger charge is 2.38. The number of phenolic OH excluding ortho intramolecular Hbond substituents is 1. The Labute approximate surface area is 131 Å². The zero-order valence-electron chi connectivity index (χ0n) is 12.0. The Kier molecular flexibility index (Phi) is 2.81. The van der Waals surface area contributed by atoms with Crippen molar-refractivity contribution in [3.8, 4) is 11.8 Å². The number of phenols is 1. The van der Waals surface area contributed by atoms with Crippen molar-refractivity contribution in [2.24, 2.45) is 5.92 Å². The zero-order valence-corrected chi connectivity index (χ0v) is 12.0. The number of imidazole rings is 1. The molecule has 3 aromatic rings. The van der Waals surface area contributed by atoms with Crippen LogP contribution >= 0.6 is 0 Å². The minimum absolute atomic E-state index is 0.137. The SMILES string of the molecule is N#C[C@@H]1C(=O)Nc2nc3ccccc3n2[C@@H]1c1ccc(O)cc1. The third kappa shape index (κ3) is 1.94. The molecule has 1 aliphatic heterocycles. The lowest BCUT2D eigenvalue weighted by Gasteiger charge is -2.29. The minimum atomic E-state index is -0.871. The first kappa shape index (κ1) is 13.3. The van der Waals surface area contributed by atoms with E-state index in [0.717, 1.165) is 16.6 Å². The third-order valence-corrected chi connectivity index (χ3v) is 4.08. The molecule has 2 atom stereocenters. The second-order valence-electron chi connectivity index (χ2n) is 5.43. The molecule has 0 radical (unpaired) electrons. The van der Waals surface area contributed by atoms with Crippen LogP contribution in [0.1, 0.15) is 11.6 Å². The van der Waals surface area contributed by atoms with E-state index in [4.69, 9.17) is 0 Å². The maximum absolute atomic E-state index is 12.3. The number of aromatic nitrogens is 2. The van der Waals surface area contributed by atoms with Gasteiger partial charge in [-0.2, -0.15) is 5.26 Å². The highest BCUT2D eigenvalue weighted by molar-refractivity contribution is 5.97. The van der Waals surface area contributed by atoms with Crippen LogP contribution in [0.2, 0.25) is 0 Å². The van der Waals surface area contributed by atoms with E-state index in [9.17, 15) is 15.2 Å². The molecule has 2 heterocycles. The van der Waals surface area contributed by atoms with Gasteiger partial charge >= 0.3 is 0 Å². The average Bonchev–Trinajstić information content (AvgIpc) is 2.92. The summed E-state index contributed by atoms with van der Waals surface area (Å²) in [7, 11) is 0. The van der Waals surface area contributed by atoms with Crippen LogP contribution < -0.4 is 5.32 Å². The molecule has 0 unspecified atom stereocenters. The van der Waals surface area contributed by atoms with Crippen LogP contribution in [-0.4, -0.2) is 20.6 Å². The summed E-state index contributed by atoms with van der Waals surface area (Å²) in [5.74, 6) is -0.669. The van der Waals surface area contributed by atoms with Crippen LogP contribution in [-0.2, 0) is 4.79 Å². The normalized spacial score (nSPS) is 19.9. The van der Waals surface area contributed by atoms with Gasteiger partial charge < -0.3 is 9.67 Å². The standard InChI is InChI=1S/C17H12N4O2/c18-9-12-15(10-5-7-11(22)8-6-10)21-14-4-2-1-3-13(14)19-17(21)20-16(12)23/h1-8,12,15,22H,(H,19,20,23)/t12-,15+/m0/s1. The lowest BCUT2D eigenvalue weighted by molar-refractivity contribution is -0.119.